The van der Waals surface area contributed by atoms with Crippen molar-refractivity contribution in [2.45, 2.75) is 31.4 Å². The highest BCUT2D eigenvalue weighted by molar-refractivity contribution is 5.74. The van der Waals surface area contributed by atoms with Gasteiger partial charge in [-0.1, -0.05) is 6.58 Å². The van der Waals surface area contributed by atoms with Gasteiger partial charge in [-0.05, 0) is 13.0 Å². The summed E-state index contributed by atoms with van der Waals surface area (Å²) in [6.07, 6.45) is -1.45. The molecule has 0 bridgehead atoms. The first-order valence-electron chi connectivity index (χ1n) is 6.60. The van der Waals surface area contributed by atoms with Gasteiger partial charge in [-0.15, -0.1) is 0 Å². The first-order valence-corrected chi connectivity index (χ1v) is 6.60. The zero-order valence-corrected chi connectivity index (χ0v) is 12.0. The molecule has 0 amide bonds. The summed E-state index contributed by atoms with van der Waals surface area (Å²) in [4.78, 5) is 26.7. The molecule has 2 unspecified atom stereocenters. The highest BCUT2D eigenvalue weighted by atomic mass is 16.6. The number of nitrogens with two attached hydrogens (primary N) is 2. The van der Waals surface area contributed by atoms with Gasteiger partial charge in [0.1, 0.15) is 30.7 Å². The number of aliphatic hydroxyl groups excluding tert-OH is 1. The van der Waals surface area contributed by atoms with E-state index in [4.69, 9.17) is 20.9 Å². The smallest absolute Gasteiger partial charge is 0.351 e. The third-order valence-corrected chi connectivity index (χ3v) is 3.22. The largest absolute Gasteiger partial charge is 0.462 e. The molecule has 1 aromatic heterocycles. The van der Waals surface area contributed by atoms with Crippen LogP contribution in [-0.4, -0.2) is 45.5 Å². The van der Waals surface area contributed by atoms with E-state index in [1.165, 1.54) is 19.2 Å². The number of esters is 1. The van der Waals surface area contributed by atoms with Gasteiger partial charge in [-0.3, -0.25) is 9.36 Å². The van der Waals surface area contributed by atoms with Crippen LogP contribution in [0.15, 0.2) is 29.2 Å². The summed E-state index contributed by atoms with van der Waals surface area (Å²) < 4.78 is 11.6. The minimum atomic E-state index is -1.09. The Kier molecular flexibility index (Phi) is 4.59. The molecule has 1 aromatic rings. The molecule has 0 aromatic carbocycles. The van der Waals surface area contributed by atoms with E-state index in [-0.39, 0.29) is 18.0 Å². The molecule has 9 heteroatoms. The molecule has 0 radical (unpaired) electrons. The van der Waals surface area contributed by atoms with Crippen LogP contribution in [-0.2, 0) is 14.3 Å². The maximum absolute atomic E-state index is 11.8. The van der Waals surface area contributed by atoms with E-state index in [0.717, 1.165) is 4.57 Å². The summed E-state index contributed by atoms with van der Waals surface area (Å²) in [5.74, 6) is -0.538. The van der Waals surface area contributed by atoms with Crippen LogP contribution in [0.5, 0.6) is 0 Å². The molecule has 0 aliphatic carbocycles. The Morgan fingerprint density at radius 3 is 2.95 bits per heavy atom. The third-order valence-electron chi connectivity index (χ3n) is 3.22. The predicted octanol–water partition coefficient (Wildman–Crippen LogP) is -1.47. The highest BCUT2D eigenvalue weighted by Gasteiger charge is 2.39. The number of ether oxygens (including phenoxy) is 2. The summed E-state index contributed by atoms with van der Waals surface area (Å²) in [5, 5.41) is 10.1. The van der Waals surface area contributed by atoms with Crippen LogP contribution in [0.1, 0.15) is 13.2 Å². The number of hydrogen-bond acceptors (Lipinski definition) is 8. The average Bonchev–Trinajstić information content (AvgIpc) is 2.73. The average molecular weight is 310 g/mol. The first kappa shape index (κ1) is 16.1. The van der Waals surface area contributed by atoms with Crippen LogP contribution >= 0.6 is 0 Å². The highest BCUT2D eigenvalue weighted by Crippen LogP contribution is 2.32. The van der Waals surface area contributed by atoms with Crippen molar-refractivity contribution in [1.29, 1.82) is 0 Å². The Bertz CT molecular complexity index is 642. The van der Waals surface area contributed by atoms with Crippen molar-refractivity contribution in [1.82, 2.24) is 9.55 Å². The van der Waals surface area contributed by atoms with Gasteiger partial charge >= 0.3 is 11.7 Å². The Balaban J connectivity index is 2.11. The third kappa shape index (κ3) is 3.16. The molecule has 22 heavy (non-hydrogen) atoms. The van der Waals surface area contributed by atoms with Crippen LogP contribution in [0, 0.1) is 0 Å². The van der Waals surface area contributed by atoms with Gasteiger partial charge in [0.15, 0.2) is 6.23 Å². The van der Waals surface area contributed by atoms with E-state index in [1.54, 1.807) is 0 Å². The van der Waals surface area contributed by atoms with Crippen LogP contribution < -0.4 is 17.2 Å². The summed E-state index contributed by atoms with van der Waals surface area (Å²) in [5.41, 5.74) is 10.4. The lowest BCUT2D eigenvalue weighted by Crippen LogP contribution is -2.34. The number of aromatic nitrogens is 2. The molecule has 1 aliphatic rings. The molecule has 120 valence electrons. The van der Waals surface area contributed by atoms with Crippen molar-refractivity contribution in [2.24, 2.45) is 5.73 Å². The zero-order valence-electron chi connectivity index (χ0n) is 12.0. The molecule has 2 heterocycles. The summed E-state index contributed by atoms with van der Waals surface area (Å²) >= 11 is 0. The minimum absolute atomic E-state index is 0.0767. The molecule has 9 nitrogen and oxygen atoms in total. The van der Waals surface area contributed by atoms with E-state index >= 15 is 0 Å². The van der Waals surface area contributed by atoms with Crippen molar-refractivity contribution < 1.29 is 19.4 Å². The lowest BCUT2D eigenvalue weighted by molar-refractivity contribution is -0.151. The minimum Gasteiger partial charge on any atom is -0.462 e. The van der Waals surface area contributed by atoms with E-state index in [2.05, 4.69) is 11.6 Å². The molecule has 5 N–H and O–H groups in total. The maximum Gasteiger partial charge on any atom is 0.351 e. The van der Waals surface area contributed by atoms with Crippen molar-refractivity contribution >= 4 is 11.8 Å². The quantitative estimate of drug-likeness (QED) is 0.452. The molecule has 1 saturated heterocycles. The molecule has 0 spiro atoms. The fraction of sp³-hybridized carbons (Fsp3) is 0.462. The van der Waals surface area contributed by atoms with Gasteiger partial charge in [-0.25, -0.2) is 4.79 Å². The van der Waals surface area contributed by atoms with Gasteiger partial charge in [0.25, 0.3) is 0 Å². The van der Waals surface area contributed by atoms with Gasteiger partial charge < -0.3 is 26.0 Å². The summed E-state index contributed by atoms with van der Waals surface area (Å²) in [7, 11) is 0. The van der Waals surface area contributed by atoms with Crippen molar-refractivity contribution in [3.63, 3.8) is 0 Å². The number of carbonyl (C=O) groups excluding carboxylic acids is 1. The number of hydrogen-bond donors (Lipinski definition) is 3. The van der Waals surface area contributed by atoms with Crippen LogP contribution in [0.3, 0.4) is 0 Å². The number of aliphatic hydroxyl groups is 1. The predicted molar refractivity (Wildman–Crippen MR) is 76.6 cm³/mol. The second kappa shape index (κ2) is 6.26. The molecular formula is C13H18N4O5. The fourth-order valence-corrected chi connectivity index (χ4v) is 1.99. The number of anilines is 1. The van der Waals surface area contributed by atoms with Crippen molar-refractivity contribution in [3.8, 4) is 0 Å². The molecule has 4 atom stereocenters. The standard InChI is InChI=1S/C13H18N4O5/c1-6-10(18)8(5-21-12(19)7(2)14)22-11(6)17-4-3-9(15)16-13(17)20/h3-4,7-8,10-11,18H,1,5,14H2,2H3,(H2,15,16,20)/t7?,8-,10?,11-/m1/s1. The Hall–Kier alpha value is -2.23. The molecule has 0 saturated carbocycles. The van der Waals surface area contributed by atoms with Gasteiger partial charge in [0.05, 0.1) is 0 Å². The lowest BCUT2D eigenvalue weighted by atomic mass is 10.1. The van der Waals surface area contributed by atoms with Gasteiger partial charge in [0.2, 0.25) is 0 Å². The van der Waals surface area contributed by atoms with Crippen LogP contribution in [0.4, 0.5) is 5.82 Å². The number of nitrogen functional groups attached to an aromatic ring is 1. The summed E-state index contributed by atoms with van der Waals surface area (Å²) in [6, 6.07) is 0.648. The van der Waals surface area contributed by atoms with Gasteiger partial charge in [0, 0.05) is 11.8 Å². The van der Waals surface area contributed by atoms with Gasteiger partial charge in [-0.2, -0.15) is 4.98 Å². The maximum atomic E-state index is 11.8. The number of carbonyl (C=O) groups is 1. The molecular weight excluding hydrogens is 292 g/mol. The van der Waals surface area contributed by atoms with Crippen LogP contribution in [0.25, 0.3) is 0 Å². The normalized spacial score (nSPS) is 26.0. The van der Waals surface area contributed by atoms with E-state index < -0.39 is 36.1 Å². The van der Waals surface area contributed by atoms with E-state index in [9.17, 15) is 14.7 Å². The molecule has 1 aliphatic heterocycles. The van der Waals surface area contributed by atoms with Crippen molar-refractivity contribution in [3.05, 3.63) is 34.9 Å². The Morgan fingerprint density at radius 1 is 1.68 bits per heavy atom. The fourth-order valence-electron chi connectivity index (χ4n) is 1.99. The van der Waals surface area contributed by atoms with Crippen molar-refractivity contribution in [2.75, 3.05) is 12.3 Å². The van der Waals surface area contributed by atoms with E-state index in [1.807, 2.05) is 0 Å². The Labute approximate surface area is 126 Å². The zero-order chi connectivity index (χ0) is 16.4. The topological polar surface area (TPSA) is 143 Å². The molecule has 1 fully saturated rings. The Morgan fingerprint density at radius 2 is 2.36 bits per heavy atom. The molecule has 2 rings (SSSR count). The first-order chi connectivity index (χ1) is 10.3. The SMILES string of the molecule is C=C1C(O)[C@@H](COC(=O)C(C)N)O[C@H]1n1ccc(N)nc1=O. The second-order valence-corrected chi connectivity index (χ2v) is 5.01. The van der Waals surface area contributed by atoms with E-state index in [0.29, 0.717) is 0 Å². The number of nitrogens with zero attached hydrogens (tertiary/aromatic N) is 2. The van der Waals surface area contributed by atoms with Crippen LogP contribution in [0.2, 0.25) is 0 Å². The monoisotopic (exact) mass is 310 g/mol. The second-order valence-electron chi connectivity index (χ2n) is 5.01. The lowest BCUT2D eigenvalue weighted by Gasteiger charge is -2.16. The summed E-state index contributed by atoms with van der Waals surface area (Å²) in [6.45, 7) is 4.99. The number of rotatable bonds is 4.